The van der Waals surface area contributed by atoms with Gasteiger partial charge in [-0.1, -0.05) is 6.92 Å². The van der Waals surface area contributed by atoms with E-state index in [0.717, 1.165) is 6.42 Å². The van der Waals surface area contributed by atoms with Crippen LogP contribution in [0.1, 0.15) is 19.8 Å². The first-order chi connectivity index (χ1) is 5.77. The van der Waals surface area contributed by atoms with E-state index < -0.39 is 5.97 Å². The molecule has 0 bridgehead atoms. The lowest BCUT2D eigenvalue weighted by Crippen LogP contribution is -1.90. The lowest BCUT2D eigenvalue weighted by molar-refractivity contribution is -0.137. The Bertz CT molecular complexity index is 176. The van der Waals surface area contributed by atoms with Gasteiger partial charge in [0.05, 0.1) is 0 Å². The lowest BCUT2D eigenvalue weighted by Gasteiger charge is -1.79. The number of carbonyl (C=O) groups is 1. The molecule has 66 valence electrons. The smallest absolute Gasteiger partial charge is 0.303 e. The molecule has 1 heterocycles. The van der Waals surface area contributed by atoms with Crippen LogP contribution >= 0.6 is 0 Å². The summed E-state index contributed by atoms with van der Waals surface area (Å²) < 4.78 is 0. The summed E-state index contributed by atoms with van der Waals surface area (Å²) in [6, 6.07) is 0. The van der Waals surface area contributed by atoms with Crippen LogP contribution in [0.2, 0.25) is 0 Å². The average molecular weight is 169 g/mol. The summed E-state index contributed by atoms with van der Waals surface area (Å²) in [5.74, 6) is -0.711. The van der Waals surface area contributed by atoms with E-state index in [0.29, 0.717) is 6.42 Å². The van der Waals surface area contributed by atoms with E-state index in [4.69, 9.17) is 5.11 Å². The van der Waals surface area contributed by atoms with Gasteiger partial charge in [0.25, 0.3) is 0 Å². The summed E-state index contributed by atoms with van der Waals surface area (Å²) in [5.41, 5.74) is 0. The standard InChI is InChI=1S/C4H8O2.C3H3N3/c1-2-3-4(5)6;1-4-2-6-3-5-1/h2-3H2,1H3,(H,5,6);1-3H. The molecule has 1 rings (SSSR count). The van der Waals surface area contributed by atoms with Gasteiger partial charge in [-0.05, 0) is 6.42 Å². The van der Waals surface area contributed by atoms with Gasteiger partial charge < -0.3 is 5.11 Å². The summed E-state index contributed by atoms with van der Waals surface area (Å²) in [7, 11) is 0. The maximum atomic E-state index is 9.60. The predicted molar refractivity (Wildman–Crippen MR) is 42.4 cm³/mol. The van der Waals surface area contributed by atoms with Crippen LogP contribution in [-0.4, -0.2) is 26.0 Å². The van der Waals surface area contributed by atoms with Crippen LogP contribution in [0.3, 0.4) is 0 Å². The number of hydrogen-bond acceptors (Lipinski definition) is 4. The lowest BCUT2D eigenvalue weighted by atomic mass is 10.4. The maximum Gasteiger partial charge on any atom is 0.303 e. The van der Waals surface area contributed by atoms with E-state index in [1.807, 2.05) is 6.92 Å². The quantitative estimate of drug-likeness (QED) is 0.706. The Balaban J connectivity index is 0.000000202. The second-order valence-electron chi connectivity index (χ2n) is 1.94. The van der Waals surface area contributed by atoms with Crippen molar-refractivity contribution in [2.75, 3.05) is 0 Å². The summed E-state index contributed by atoms with van der Waals surface area (Å²) in [6.07, 6.45) is 5.34. The first-order valence-corrected chi connectivity index (χ1v) is 3.54. The molecule has 1 aromatic rings. The molecule has 0 saturated carbocycles. The first kappa shape index (κ1) is 10.5. The Morgan fingerprint density at radius 1 is 1.25 bits per heavy atom. The molecule has 0 aliphatic rings. The van der Waals surface area contributed by atoms with Crippen molar-refractivity contribution in [1.82, 2.24) is 15.0 Å². The highest BCUT2D eigenvalue weighted by atomic mass is 16.4. The molecule has 1 aromatic heterocycles. The van der Waals surface area contributed by atoms with Crippen molar-refractivity contribution >= 4 is 5.97 Å². The van der Waals surface area contributed by atoms with Gasteiger partial charge in [-0.3, -0.25) is 4.79 Å². The highest BCUT2D eigenvalue weighted by Gasteiger charge is 1.87. The number of aliphatic carboxylic acids is 1. The van der Waals surface area contributed by atoms with Gasteiger partial charge in [-0.15, -0.1) is 0 Å². The Hall–Kier alpha value is -1.52. The molecule has 0 aliphatic heterocycles. The largest absolute Gasteiger partial charge is 0.481 e. The Labute approximate surface area is 70.5 Å². The second-order valence-corrected chi connectivity index (χ2v) is 1.94. The third-order valence-electron chi connectivity index (χ3n) is 0.864. The van der Waals surface area contributed by atoms with Crippen LogP contribution in [0.5, 0.6) is 0 Å². The zero-order chi connectivity index (χ0) is 9.23. The van der Waals surface area contributed by atoms with E-state index in [9.17, 15) is 4.79 Å². The molecule has 0 atom stereocenters. The van der Waals surface area contributed by atoms with Crippen molar-refractivity contribution in [2.24, 2.45) is 0 Å². The van der Waals surface area contributed by atoms with Gasteiger partial charge in [-0.25, -0.2) is 15.0 Å². The van der Waals surface area contributed by atoms with Crippen LogP contribution in [-0.2, 0) is 4.79 Å². The van der Waals surface area contributed by atoms with Gasteiger partial charge >= 0.3 is 5.97 Å². The summed E-state index contributed by atoms with van der Waals surface area (Å²) in [4.78, 5) is 20.3. The fourth-order valence-corrected chi connectivity index (χ4v) is 0.419. The second kappa shape index (κ2) is 7.59. The van der Waals surface area contributed by atoms with Crippen molar-refractivity contribution in [2.45, 2.75) is 19.8 Å². The third kappa shape index (κ3) is 8.48. The van der Waals surface area contributed by atoms with Crippen LogP contribution < -0.4 is 0 Å². The molecular formula is C7H11N3O2. The van der Waals surface area contributed by atoms with Crippen LogP contribution in [0, 0.1) is 0 Å². The SMILES string of the molecule is CCCC(=O)O.c1ncncn1. The number of aromatic nitrogens is 3. The van der Waals surface area contributed by atoms with E-state index in [-0.39, 0.29) is 0 Å². The zero-order valence-electron chi connectivity index (χ0n) is 6.84. The van der Waals surface area contributed by atoms with Crippen LogP contribution in [0.15, 0.2) is 19.0 Å². The molecule has 0 saturated heterocycles. The monoisotopic (exact) mass is 169 g/mol. The van der Waals surface area contributed by atoms with E-state index in [1.54, 1.807) is 0 Å². The van der Waals surface area contributed by atoms with E-state index >= 15 is 0 Å². The van der Waals surface area contributed by atoms with Gasteiger partial charge in [-0.2, -0.15) is 0 Å². The molecule has 0 aromatic carbocycles. The molecule has 0 spiro atoms. The minimum Gasteiger partial charge on any atom is -0.481 e. The van der Waals surface area contributed by atoms with Gasteiger partial charge in [0.2, 0.25) is 0 Å². The van der Waals surface area contributed by atoms with Gasteiger partial charge in [0, 0.05) is 6.42 Å². The zero-order valence-corrected chi connectivity index (χ0v) is 6.84. The molecule has 5 nitrogen and oxygen atoms in total. The van der Waals surface area contributed by atoms with Crippen molar-refractivity contribution in [3.05, 3.63) is 19.0 Å². The molecule has 1 N–H and O–H groups in total. The van der Waals surface area contributed by atoms with E-state index in [2.05, 4.69) is 15.0 Å². The van der Waals surface area contributed by atoms with Crippen LogP contribution in [0.4, 0.5) is 0 Å². The third-order valence-corrected chi connectivity index (χ3v) is 0.864. The molecule has 0 fully saturated rings. The topological polar surface area (TPSA) is 76.0 Å². The molecule has 0 radical (unpaired) electrons. The highest BCUT2D eigenvalue weighted by molar-refractivity contribution is 5.66. The fraction of sp³-hybridized carbons (Fsp3) is 0.429. The van der Waals surface area contributed by atoms with E-state index in [1.165, 1.54) is 19.0 Å². The predicted octanol–water partition coefficient (Wildman–Crippen LogP) is 0.743. The first-order valence-electron chi connectivity index (χ1n) is 3.54. The van der Waals surface area contributed by atoms with Crippen molar-refractivity contribution < 1.29 is 9.90 Å². The maximum absolute atomic E-state index is 9.60. The summed E-state index contributed by atoms with van der Waals surface area (Å²) >= 11 is 0. The van der Waals surface area contributed by atoms with Crippen molar-refractivity contribution in [3.63, 3.8) is 0 Å². The number of carboxylic acid groups (broad SMARTS) is 1. The van der Waals surface area contributed by atoms with Gasteiger partial charge in [0.15, 0.2) is 0 Å². The van der Waals surface area contributed by atoms with Crippen molar-refractivity contribution in [3.8, 4) is 0 Å². The molecule has 12 heavy (non-hydrogen) atoms. The molecule has 0 unspecified atom stereocenters. The van der Waals surface area contributed by atoms with Crippen molar-refractivity contribution in [1.29, 1.82) is 0 Å². The highest BCUT2D eigenvalue weighted by Crippen LogP contribution is 1.82. The number of rotatable bonds is 2. The van der Waals surface area contributed by atoms with Crippen LogP contribution in [0.25, 0.3) is 0 Å². The van der Waals surface area contributed by atoms with Gasteiger partial charge in [0.1, 0.15) is 19.0 Å². The molecular weight excluding hydrogens is 158 g/mol. The minimum absolute atomic E-state index is 0.292. The number of nitrogens with zero attached hydrogens (tertiary/aromatic N) is 3. The number of hydrogen-bond donors (Lipinski definition) is 1. The Kier molecular flexibility index (Phi) is 6.62. The Morgan fingerprint density at radius 2 is 1.67 bits per heavy atom. The summed E-state index contributed by atoms with van der Waals surface area (Å²) in [6.45, 7) is 1.84. The summed E-state index contributed by atoms with van der Waals surface area (Å²) in [5, 5.41) is 7.91. The fourth-order valence-electron chi connectivity index (χ4n) is 0.419. The molecule has 0 aliphatic carbocycles. The molecule has 5 heteroatoms. The Morgan fingerprint density at radius 3 is 1.75 bits per heavy atom. The minimum atomic E-state index is -0.711. The normalized spacial score (nSPS) is 8.08. The number of carboxylic acids is 1. The average Bonchev–Trinajstić information content (AvgIpc) is 2.08. The molecule has 0 amide bonds.